The molecule has 0 aromatic heterocycles. The van der Waals surface area contributed by atoms with Gasteiger partial charge in [-0.05, 0) is 116 Å². The molecule has 0 heterocycles. The number of carbonyl (C=O) groups excluding carboxylic acids is 3. The molecule has 0 amide bonds. The van der Waals surface area contributed by atoms with Crippen LogP contribution in [0.15, 0.2) is 109 Å². The highest BCUT2D eigenvalue weighted by atomic mass is 31.2. The minimum Gasteiger partial charge on any atom is -0.462 e. The van der Waals surface area contributed by atoms with E-state index >= 15 is 0 Å². The first-order valence-corrected chi connectivity index (χ1v) is 35.3. The Morgan fingerprint density at radius 3 is 1.06 bits per heavy atom. The number of rotatable bonds is 62. The number of phosphoric acid groups is 1. The highest BCUT2D eigenvalue weighted by Gasteiger charge is 2.28. The number of carbonyl (C=O) groups is 3. The number of esters is 3. The SMILES string of the molecule is CC/C=C\C/C=C\C/C=C\C/C=C\C/C=C\C/C=C\CCC(=O)OC(COC(=O)CCCCCCCCCCC/C=C\C/C=C\CCCCC)COP(=O)(O)OCC(CO)OC(=O)CCCCCCCCCCC/C=C\CCCCCCCC. The topological polar surface area (TPSA) is 155 Å². The Morgan fingerprint density at radius 2 is 0.643 bits per heavy atom. The van der Waals surface area contributed by atoms with Crippen LogP contribution in [-0.4, -0.2) is 66.5 Å². The first kappa shape index (κ1) is 80.1. The molecule has 0 aliphatic rings. The molecule has 0 saturated carbocycles. The molecule has 482 valence electrons. The summed E-state index contributed by atoms with van der Waals surface area (Å²) in [5.74, 6) is -1.57. The molecule has 0 spiro atoms. The number of allylic oxidation sites excluding steroid dienone is 18. The molecule has 11 nitrogen and oxygen atoms in total. The summed E-state index contributed by atoms with van der Waals surface area (Å²) in [7, 11) is -4.78. The van der Waals surface area contributed by atoms with Crippen molar-refractivity contribution in [3.63, 3.8) is 0 Å². The third-order valence-electron chi connectivity index (χ3n) is 14.2. The predicted octanol–water partition coefficient (Wildman–Crippen LogP) is 20.9. The summed E-state index contributed by atoms with van der Waals surface area (Å²) < 4.78 is 39.7. The van der Waals surface area contributed by atoms with Gasteiger partial charge >= 0.3 is 25.7 Å². The Balaban J connectivity index is 4.78. The molecule has 0 aromatic rings. The number of phosphoric ester groups is 1. The van der Waals surface area contributed by atoms with Crippen LogP contribution in [0.3, 0.4) is 0 Å². The Hall–Kier alpha value is -3.86. The van der Waals surface area contributed by atoms with Crippen LogP contribution in [0.4, 0.5) is 0 Å². The second-order valence-electron chi connectivity index (χ2n) is 22.2. The minimum absolute atomic E-state index is 0.0377. The van der Waals surface area contributed by atoms with Gasteiger partial charge in [0.1, 0.15) is 12.7 Å². The van der Waals surface area contributed by atoms with Gasteiger partial charge in [0.05, 0.1) is 19.8 Å². The van der Waals surface area contributed by atoms with E-state index in [1.54, 1.807) is 0 Å². The predicted molar refractivity (Wildman–Crippen MR) is 353 cm³/mol. The molecule has 0 aliphatic carbocycles. The average molecular weight is 1200 g/mol. The fourth-order valence-electron chi connectivity index (χ4n) is 9.06. The molecule has 0 bridgehead atoms. The van der Waals surface area contributed by atoms with Crippen LogP contribution in [0.25, 0.3) is 0 Å². The molecule has 0 aliphatic heterocycles. The van der Waals surface area contributed by atoms with Crippen molar-refractivity contribution in [3.05, 3.63) is 109 Å². The first-order valence-electron chi connectivity index (χ1n) is 33.8. The lowest BCUT2D eigenvalue weighted by molar-refractivity contribution is -0.161. The van der Waals surface area contributed by atoms with Gasteiger partial charge < -0.3 is 24.2 Å². The molecule has 0 radical (unpaired) electrons. The van der Waals surface area contributed by atoms with Crippen molar-refractivity contribution in [2.45, 2.75) is 303 Å². The van der Waals surface area contributed by atoms with Crippen molar-refractivity contribution in [1.29, 1.82) is 0 Å². The van der Waals surface area contributed by atoms with Gasteiger partial charge in [0, 0.05) is 19.3 Å². The van der Waals surface area contributed by atoms with Crippen molar-refractivity contribution in [1.82, 2.24) is 0 Å². The van der Waals surface area contributed by atoms with E-state index in [0.29, 0.717) is 25.7 Å². The van der Waals surface area contributed by atoms with Crippen molar-refractivity contribution in [2.24, 2.45) is 0 Å². The van der Waals surface area contributed by atoms with Crippen molar-refractivity contribution >= 4 is 25.7 Å². The number of unbranched alkanes of at least 4 members (excludes halogenated alkanes) is 27. The zero-order chi connectivity index (χ0) is 61.2. The van der Waals surface area contributed by atoms with E-state index in [1.165, 1.54) is 141 Å². The highest BCUT2D eigenvalue weighted by Crippen LogP contribution is 2.43. The number of hydrogen-bond donors (Lipinski definition) is 2. The van der Waals surface area contributed by atoms with Gasteiger partial charge in [-0.1, -0.05) is 265 Å². The summed E-state index contributed by atoms with van der Waals surface area (Å²) in [5, 5.41) is 9.87. The van der Waals surface area contributed by atoms with Gasteiger partial charge in [-0.3, -0.25) is 23.4 Å². The minimum atomic E-state index is -4.78. The molecule has 0 fully saturated rings. The van der Waals surface area contributed by atoms with Gasteiger partial charge in [-0.25, -0.2) is 4.57 Å². The van der Waals surface area contributed by atoms with Crippen molar-refractivity contribution < 1.29 is 52.2 Å². The molecule has 0 saturated heterocycles. The molecule has 0 rings (SSSR count). The van der Waals surface area contributed by atoms with Crippen molar-refractivity contribution in [2.75, 3.05) is 26.4 Å². The van der Waals surface area contributed by atoms with E-state index < -0.39 is 57.8 Å². The maximum absolute atomic E-state index is 13.0. The van der Waals surface area contributed by atoms with Crippen LogP contribution < -0.4 is 0 Å². The number of aliphatic hydroxyl groups is 1. The number of ether oxygens (including phenoxy) is 3. The van der Waals surface area contributed by atoms with E-state index in [2.05, 4.69) is 118 Å². The lowest BCUT2D eigenvalue weighted by Gasteiger charge is -2.21. The molecule has 0 aromatic carbocycles. The van der Waals surface area contributed by atoms with Crippen LogP contribution in [0.5, 0.6) is 0 Å². The smallest absolute Gasteiger partial charge is 0.462 e. The summed E-state index contributed by atoms with van der Waals surface area (Å²) in [6, 6.07) is 0. The van der Waals surface area contributed by atoms with Gasteiger partial charge in [0.25, 0.3) is 0 Å². The largest absolute Gasteiger partial charge is 0.472 e. The normalized spacial score (nSPS) is 13.9. The molecule has 2 N–H and O–H groups in total. The van der Waals surface area contributed by atoms with Crippen LogP contribution >= 0.6 is 7.82 Å². The Kier molecular flexibility index (Phi) is 62.1. The van der Waals surface area contributed by atoms with E-state index in [0.717, 1.165) is 83.5 Å². The number of aliphatic hydroxyl groups excluding tert-OH is 1. The summed E-state index contributed by atoms with van der Waals surface area (Å²) in [6.07, 6.45) is 80.5. The molecule has 3 unspecified atom stereocenters. The molecule has 12 heteroatoms. The maximum atomic E-state index is 13.0. The van der Waals surface area contributed by atoms with Gasteiger partial charge in [0.2, 0.25) is 0 Å². The second kappa shape index (κ2) is 65.1. The Morgan fingerprint density at radius 1 is 0.345 bits per heavy atom. The zero-order valence-corrected chi connectivity index (χ0v) is 54.5. The molecule has 84 heavy (non-hydrogen) atoms. The summed E-state index contributed by atoms with van der Waals surface area (Å²) in [5.41, 5.74) is 0. The average Bonchev–Trinajstić information content (AvgIpc) is 3.53. The first-order chi connectivity index (χ1) is 41.2. The second-order valence-corrected chi connectivity index (χ2v) is 23.7. The van der Waals surface area contributed by atoms with E-state index in [1.807, 2.05) is 12.2 Å². The third-order valence-corrected chi connectivity index (χ3v) is 15.1. The van der Waals surface area contributed by atoms with Gasteiger partial charge in [0.15, 0.2) is 6.10 Å². The molecule has 3 atom stereocenters. The van der Waals surface area contributed by atoms with Crippen LogP contribution in [0, 0.1) is 0 Å². The van der Waals surface area contributed by atoms with Crippen LogP contribution in [0.1, 0.15) is 290 Å². The Labute approximate surface area is 514 Å². The van der Waals surface area contributed by atoms with E-state index in [-0.39, 0.29) is 25.9 Å². The number of hydrogen-bond acceptors (Lipinski definition) is 10. The zero-order valence-electron chi connectivity index (χ0n) is 53.6. The fourth-order valence-corrected chi connectivity index (χ4v) is 9.84. The van der Waals surface area contributed by atoms with Crippen LogP contribution in [0.2, 0.25) is 0 Å². The van der Waals surface area contributed by atoms with E-state index in [4.69, 9.17) is 23.3 Å². The van der Waals surface area contributed by atoms with Crippen molar-refractivity contribution in [3.8, 4) is 0 Å². The van der Waals surface area contributed by atoms with Gasteiger partial charge in [-0.15, -0.1) is 0 Å². The van der Waals surface area contributed by atoms with Crippen LogP contribution in [-0.2, 0) is 42.2 Å². The van der Waals surface area contributed by atoms with Gasteiger partial charge in [-0.2, -0.15) is 0 Å². The summed E-state index contributed by atoms with van der Waals surface area (Å²) >= 11 is 0. The summed E-state index contributed by atoms with van der Waals surface area (Å²) in [6.45, 7) is 4.45. The Bertz CT molecular complexity index is 1830. The molecular weight excluding hydrogens is 1070 g/mol. The standard InChI is InChI=1S/C72H123O11P/c1-4-7-10-13-16-19-22-25-28-31-34-37-40-43-46-49-52-55-58-61-70(74)79-65-69(83-72(76)63-60-57-54-51-48-45-42-39-36-33-30-27-24-21-18-15-12-9-6-3)67-81-84(77,78)80-66-68(64-73)82-71(75)62-59-56-53-50-47-44-41-38-35-32-29-26-23-20-17-14-11-8-5-2/h9,12,16,18-19,21,25-30,36,39,45,48,54,57,68-69,73H,4-8,10-11,13-15,17,20,22-24,31-35,37-38,40-44,46-47,49-53,55-56,58-67H2,1-3H3,(H,77,78)/b12-9-,19-16-,21-18-,28-25-,29-26-,30-27-,39-36-,48-45-,57-54-. The lowest BCUT2D eigenvalue weighted by atomic mass is 10.1. The fraction of sp³-hybridized carbons (Fsp3) is 0.708. The van der Waals surface area contributed by atoms with E-state index in [9.17, 15) is 28.9 Å². The lowest BCUT2D eigenvalue weighted by Crippen LogP contribution is -2.30. The molecular formula is C72H123O11P. The summed E-state index contributed by atoms with van der Waals surface area (Å²) in [4.78, 5) is 48.8. The quantitative estimate of drug-likeness (QED) is 0.0197. The third kappa shape index (κ3) is 62.7. The monoisotopic (exact) mass is 1190 g/mol. The highest BCUT2D eigenvalue weighted by molar-refractivity contribution is 7.47. The maximum Gasteiger partial charge on any atom is 0.472 e.